The summed E-state index contributed by atoms with van der Waals surface area (Å²) < 4.78 is 12.5. The Hall–Kier alpha value is -3.33. The molecule has 2 heterocycles. The van der Waals surface area contributed by atoms with Crippen molar-refractivity contribution in [1.29, 1.82) is 5.26 Å². The van der Waals surface area contributed by atoms with Gasteiger partial charge in [0.2, 0.25) is 12.6 Å². The van der Waals surface area contributed by atoms with Crippen LogP contribution < -0.4 is 9.47 Å². The van der Waals surface area contributed by atoms with E-state index in [2.05, 4.69) is 11.2 Å². The molecular formula is C18H13N3O3. The Labute approximate surface area is 137 Å². The minimum atomic E-state index is -0.157. The molecule has 4 rings (SSSR count). The number of nitrogens with zero attached hydrogens (tertiary/aromatic N) is 3. The Kier molecular flexibility index (Phi) is 3.39. The number of ketones is 1. The predicted molar refractivity (Wildman–Crippen MR) is 86.0 cm³/mol. The Morgan fingerprint density at radius 3 is 2.71 bits per heavy atom. The number of benzene rings is 2. The normalized spacial score (nSPS) is 12.3. The van der Waals surface area contributed by atoms with Gasteiger partial charge in [-0.15, -0.1) is 0 Å². The molecule has 1 aliphatic rings. The van der Waals surface area contributed by atoms with Crippen LogP contribution in [0.1, 0.15) is 22.5 Å². The molecule has 0 radical (unpaired) electrons. The van der Waals surface area contributed by atoms with Crippen molar-refractivity contribution in [1.82, 2.24) is 9.78 Å². The first-order valence-corrected chi connectivity index (χ1v) is 7.55. The molecule has 6 heteroatoms. The van der Waals surface area contributed by atoms with E-state index >= 15 is 0 Å². The highest BCUT2D eigenvalue weighted by atomic mass is 16.7. The summed E-state index contributed by atoms with van der Waals surface area (Å²) >= 11 is 0. The van der Waals surface area contributed by atoms with Gasteiger partial charge >= 0.3 is 0 Å². The van der Waals surface area contributed by atoms with Crippen molar-refractivity contribution in [3.8, 4) is 17.6 Å². The van der Waals surface area contributed by atoms with Gasteiger partial charge in [-0.25, -0.2) is 0 Å². The van der Waals surface area contributed by atoms with Crippen LogP contribution in [-0.2, 0) is 6.54 Å². The molecule has 0 saturated heterocycles. The number of aryl methyl sites for hydroxylation is 1. The summed E-state index contributed by atoms with van der Waals surface area (Å²) in [5, 5.41) is 14.0. The fourth-order valence-electron chi connectivity index (χ4n) is 2.78. The van der Waals surface area contributed by atoms with E-state index in [4.69, 9.17) is 14.7 Å². The third-order valence-electron chi connectivity index (χ3n) is 3.93. The molecule has 2 aromatic carbocycles. The summed E-state index contributed by atoms with van der Waals surface area (Å²) in [6.45, 7) is 0.574. The summed E-state index contributed by atoms with van der Waals surface area (Å²) in [7, 11) is 0. The van der Waals surface area contributed by atoms with E-state index in [0.717, 1.165) is 5.52 Å². The second kappa shape index (κ2) is 5.70. The molecule has 3 aromatic rings. The van der Waals surface area contributed by atoms with Gasteiger partial charge in [-0.2, -0.15) is 10.4 Å². The smallest absolute Gasteiger partial charge is 0.231 e. The molecule has 0 saturated carbocycles. The molecule has 1 aliphatic heterocycles. The zero-order valence-corrected chi connectivity index (χ0v) is 12.7. The van der Waals surface area contributed by atoms with Crippen LogP contribution in [0.3, 0.4) is 0 Å². The molecule has 0 spiro atoms. The summed E-state index contributed by atoms with van der Waals surface area (Å²) in [5.74, 6) is 1.07. The standard InChI is InChI=1S/C18H13N3O3/c19-7-4-8-21-14-10-16-15(23-11-24-16)9-13(14)17(20-21)18(22)12-5-2-1-3-6-12/h1-3,5-6,9-10H,4,8,11H2. The minimum absolute atomic E-state index is 0.157. The molecule has 1 aromatic heterocycles. The van der Waals surface area contributed by atoms with Crippen molar-refractivity contribution in [2.75, 3.05) is 6.79 Å². The SMILES string of the molecule is N#CCCn1nc(C(=O)c2ccccc2)c2cc3c(cc21)OCO3. The summed E-state index contributed by atoms with van der Waals surface area (Å²) in [6, 6.07) is 14.7. The molecule has 24 heavy (non-hydrogen) atoms. The topological polar surface area (TPSA) is 77.1 Å². The van der Waals surface area contributed by atoms with E-state index in [1.807, 2.05) is 24.3 Å². The van der Waals surface area contributed by atoms with Gasteiger partial charge in [0.05, 0.1) is 24.6 Å². The van der Waals surface area contributed by atoms with Gasteiger partial charge < -0.3 is 9.47 Å². The van der Waals surface area contributed by atoms with E-state index in [1.165, 1.54) is 0 Å². The molecular weight excluding hydrogens is 306 g/mol. The number of ether oxygens (including phenoxy) is 2. The molecule has 6 nitrogen and oxygen atoms in total. The van der Waals surface area contributed by atoms with Gasteiger partial charge in [-0.3, -0.25) is 9.48 Å². The first kappa shape index (κ1) is 14.3. The van der Waals surface area contributed by atoms with Crippen LogP contribution >= 0.6 is 0 Å². The van der Waals surface area contributed by atoms with Crippen molar-refractivity contribution in [3.05, 3.63) is 53.7 Å². The molecule has 0 N–H and O–H groups in total. The van der Waals surface area contributed by atoms with E-state index in [9.17, 15) is 4.79 Å². The first-order valence-electron chi connectivity index (χ1n) is 7.55. The lowest BCUT2D eigenvalue weighted by Gasteiger charge is -2.01. The summed E-state index contributed by atoms with van der Waals surface area (Å²) in [5.41, 5.74) is 1.68. The number of rotatable bonds is 4. The number of carbonyl (C=O) groups excluding carboxylic acids is 1. The Morgan fingerprint density at radius 2 is 1.96 bits per heavy atom. The zero-order chi connectivity index (χ0) is 16.5. The highest BCUT2D eigenvalue weighted by Gasteiger charge is 2.23. The lowest BCUT2D eigenvalue weighted by atomic mass is 10.1. The van der Waals surface area contributed by atoms with Crippen LogP contribution in [0.2, 0.25) is 0 Å². The third kappa shape index (κ3) is 2.27. The van der Waals surface area contributed by atoms with Crippen LogP contribution in [-0.4, -0.2) is 22.4 Å². The van der Waals surface area contributed by atoms with Crippen molar-refractivity contribution in [2.45, 2.75) is 13.0 Å². The highest BCUT2D eigenvalue weighted by Crippen LogP contribution is 2.37. The van der Waals surface area contributed by atoms with E-state index < -0.39 is 0 Å². The maximum Gasteiger partial charge on any atom is 0.231 e. The predicted octanol–water partition coefficient (Wildman–Crippen LogP) is 2.91. The van der Waals surface area contributed by atoms with E-state index in [-0.39, 0.29) is 12.6 Å². The van der Waals surface area contributed by atoms with E-state index in [1.54, 1.807) is 22.9 Å². The van der Waals surface area contributed by atoms with Crippen LogP contribution in [0.25, 0.3) is 10.9 Å². The number of nitriles is 1. The second-order valence-corrected chi connectivity index (χ2v) is 5.40. The maximum atomic E-state index is 12.8. The van der Waals surface area contributed by atoms with Crippen molar-refractivity contribution < 1.29 is 14.3 Å². The van der Waals surface area contributed by atoms with Gasteiger partial charge in [0.25, 0.3) is 0 Å². The first-order chi connectivity index (χ1) is 11.8. The molecule has 0 unspecified atom stereocenters. The molecule has 0 fully saturated rings. The van der Waals surface area contributed by atoms with Gasteiger partial charge in [-0.05, 0) is 6.07 Å². The van der Waals surface area contributed by atoms with Crippen LogP contribution in [0.15, 0.2) is 42.5 Å². The molecule has 0 aliphatic carbocycles. The maximum absolute atomic E-state index is 12.8. The molecule has 0 bridgehead atoms. The Bertz CT molecular complexity index is 971. The number of fused-ring (bicyclic) bond motifs is 2. The highest BCUT2D eigenvalue weighted by molar-refractivity contribution is 6.15. The number of carbonyl (C=O) groups is 1. The fourth-order valence-corrected chi connectivity index (χ4v) is 2.78. The van der Waals surface area contributed by atoms with E-state index in [0.29, 0.717) is 41.1 Å². The van der Waals surface area contributed by atoms with Crippen molar-refractivity contribution in [2.24, 2.45) is 0 Å². The fraction of sp³-hybridized carbons (Fsp3) is 0.167. The number of hydrogen-bond acceptors (Lipinski definition) is 5. The monoisotopic (exact) mass is 319 g/mol. The molecule has 118 valence electrons. The van der Waals surface area contributed by atoms with Gasteiger partial charge in [0.15, 0.2) is 11.5 Å². The van der Waals surface area contributed by atoms with Gasteiger partial charge in [0.1, 0.15) is 5.69 Å². The van der Waals surface area contributed by atoms with Crippen LogP contribution in [0.4, 0.5) is 0 Å². The van der Waals surface area contributed by atoms with Gasteiger partial charge in [-0.1, -0.05) is 30.3 Å². The zero-order valence-electron chi connectivity index (χ0n) is 12.7. The van der Waals surface area contributed by atoms with Crippen LogP contribution in [0.5, 0.6) is 11.5 Å². The Balaban J connectivity index is 1.88. The quantitative estimate of drug-likeness (QED) is 0.691. The molecule has 0 amide bonds. The number of hydrogen-bond donors (Lipinski definition) is 0. The average Bonchev–Trinajstić information content (AvgIpc) is 3.22. The lowest BCUT2D eigenvalue weighted by Crippen LogP contribution is -2.05. The van der Waals surface area contributed by atoms with Crippen LogP contribution in [0, 0.1) is 11.3 Å². The third-order valence-corrected chi connectivity index (χ3v) is 3.93. The summed E-state index contributed by atoms with van der Waals surface area (Å²) in [4.78, 5) is 12.8. The lowest BCUT2D eigenvalue weighted by molar-refractivity contribution is 0.103. The second-order valence-electron chi connectivity index (χ2n) is 5.40. The average molecular weight is 319 g/mol. The van der Waals surface area contributed by atoms with Gasteiger partial charge in [0, 0.05) is 17.0 Å². The van der Waals surface area contributed by atoms with Crippen molar-refractivity contribution in [3.63, 3.8) is 0 Å². The largest absolute Gasteiger partial charge is 0.454 e. The summed E-state index contributed by atoms with van der Waals surface area (Å²) in [6.07, 6.45) is 0.310. The number of aromatic nitrogens is 2. The van der Waals surface area contributed by atoms with Crippen molar-refractivity contribution >= 4 is 16.7 Å². The minimum Gasteiger partial charge on any atom is -0.454 e. The molecule has 0 atom stereocenters. The Morgan fingerprint density at radius 1 is 1.21 bits per heavy atom.